The lowest BCUT2D eigenvalue weighted by Crippen LogP contribution is -2.02. The second kappa shape index (κ2) is 7.21. The fraction of sp³-hybridized carbons (Fsp3) is 0.200. The first kappa shape index (κ1) is 16.8. The Morgan fingerprint density at radius 2 is 1.84 bits per heavy atom. The van der Waals surface area contributed by atoms with Crippen LogP contribution in [0.3, 0.4) is 0 Å². The van der Waals surface area contributed by atoms with Crippen molar-refractivity contribution < 1.29 is 19.1 Å². The number of nitrogens with zero attached hydrogens (tertiary/aromatic N) is 1. The lowest BCUT2D eigenvalue weighted by atomic mass is 10.1. The smallest absolute Gasteiger partial charge is 0.367 e. The van der Waals surface area contributed by atoms with E-state index in [1.165, 1.54) is 5.56 Å². The van der Waals surface area contributed by atoms with Crippen LogP contribution in [-0.4, -0.2) is 18.8 Å². The van der Waals surface area contributed by atoms with Crippen LogP contribution in [0.2, 0.25) is 0 Å². The molecule has 0 unspecified atom stereocenters. The van der Waals surface area contributed by atoms with Gasteiger partial charge in [0.15, 0.2) is 11.5 Å². The van der Waals surface area contributed by atoms with Crippen LogP contribution in [0.5, 0.6) is 11.5 Å². The number of ether oxygens (including phenoxy) is 2. The van der Waals surface area contributed by atoms with Gasteiger partial charge in [0.2, 0.25) is 0 Å². The molecule has 2 aromatic carbocycles. The number of benzene rings is 2. The third kappa shape index (κ3) is 3.88. The predicted octanol–water partition coefficient (Wildman–Crippen LogP) is 3.90. The number of carbonyl (C=O) groups is 1. The summed E-state index contributed by atoms with van der Waals surface area (Å²) in [6.07, 6.45) is 1.72. The summed E-state index contributed by atoms with van der Waals surface area (Å²) >= 11 is 0. The largest absolute Gasteiger partial charge is 0.493 e. The third-order valence-corrected chi connectivity index (χ3v) is 3.89. The molecule has 0 saturated heterocycles. The van der Waals surface area contributed by atoms with Crippen LogP contribution in [0.1, 0.15) is 23.6 Å². The summed E-state index contributed by atoms with van der Waals surface area (Å²) in [5, 5.41) is 3.67. The van der Waals surface area contributed by atoms with E-state index in [2.05, 4.69) is 22.1 Å². The second-order valence-corrected chi connectivity index (χ2v) is 5.80. The Balaban J connectivity index is 1.78. The summed E-state index contributed by atoms with van der Waals surface area (Å²) in [4.78, 5) is 16.3. The molecule has 0 saturated carbocycles. The minimum Gasteiger partial charge on any atom is -0.493 e. The minimum absolute atomic E-state index is 0.440. The van der Waals surface area contributed by atoms with Crippen LogP contribution in [0, 0.1) is 6.92 Å². The fourth-order valence-electron chi connectivity index (χ4n) is 2.42. The molecule has 3 rings (SSSR count). The standard InChI is InChI=1S/C20H19NO4/c1-13-4-6-15(7-5-13)12-24-18-9-8-16(11-19(18)23-3)10-17-14(2)21-25-20(17)22/h4-11H,12H2,1-3H3/b17-10+. The normalized spacial score (nSPS) is 15.1. The van der Waals surface area contributed by atoms with Crippen LogP contribution >= 0.6 is 0 Å². The number of methoxy groups -OCH3 is 1. The highest BCUT2D eigenvalue weighted by Crippen LogP contribution is 2.30. The van der Waals surface area contributed by atoms with Gasteiger partial charge in [0.1, 0.15) is 6.61 Å². The van der Waals surface area contributed by atoms with Gasteiger partial charge >= 0.3 is 5.97 Å². The Morgan fingerprint density at radius 3 is 2.48 bits per heavy atom. The first-order chi connectivity index (χ1) is 12.1. The Bertz CT molecular complexity index is 850. The number of carbonyl (C=O) groups excluding carboxylic acids is 1. The lowest BCUT2D eigenvalue weighted by Gasteiger charge is -2.11. The fourth-order valence-corrected chi connectivity index (χ4v) is 2.42. The van der Waals surface area contributed by atoms with Gasteiger partial charge in [-0.15, -0.1) is 0 Å². The quantitative estimate of drug-likeness (QED) is 0.613. The lowest BCUT2D eigenvalue weighted by molar-refractivity contribution is -0.136. The molecule has 0 fully saturated rings. The van der Waals surface area contributed by atoms with E-state index < -0.39 is 5.97 Å². The highest BCUT2D eigenvalue weighted by atomic mass is 16.7. The number of rotatable bonds is 5. The Hall–Kier alpha value is -3.08. The molecule has 0 aliphatic carbocycles. The van der Waals surface area contributed by atoms with E-state index in [0.717, 1.165) is 11.1 Å². The molecule has 1 heterocycles. The maximum Gasteiger partial charge on any atom is 0.367 e. The second-order valence-electron chi connectivity index (χ2n) is 5.80. The molecule has 0 aromatic heterocycles. The van der Waals surface area contributed by atoms with Crippen LogP contribution in [0.4, 0.5) is 0 Å². The van der Waals surface area contributed by atoms with Crippen molar-refractivity contribution in [1.29, 1.82) is 0 Å². The van der Waals surface area contributed by atoms with Gasteiger partial charge in [-0.1, -0.05) is 41.1 Å². The van der Waals surface area contributed by atoms with Crippen molar-refractivity contribution in [1.82, 2.24) is 0 Å². The summed E-state index contributed by atoms with van der Waals surface area (Å²) in [5.41, 5.74) is 4.10. The van der Waals surface area contributed by atoms with E-state index in [0.29, 0.717) is 29.4 Å². The maximum absolute atomic E-state index is 11.6. The maximum atomic E-state index is 11.6. The zero-order valence-electron chi connectivity index (χ0n) is 14.4. The summed E-state index contributed by atoms with van der Waals surface area (Å²) in [6.45, 7) is 4.23. The Kier molecular flexibility index (Phi) is 4.84. The van der Waals surface area contributed by atoms with E-state index in [-0.39, 0.29) is 0 Å². The van der Waals surface area contributed by atoms with Crippen LogP contribution in [-0.2, 0) is 16.2 Å². The summed E-state index contributed by atoms with van der Waals surface area (Å²) < 4.78 is 11.3. The molecule has 1 aliphatic heterocycles. The predicted molar refractivity (Wildman–Crippen MR) is 95.7 cm³/mol. The van der Waals surface area contributed by atoms with Gasteiger partial charge in [0.25, 0.3) is 0 Å². The molecule has 0 amide bonds. The van der Waals surface area contributed by atoms with Crippen LogP contribution in [0.25, 0.3) is 6.08 Å². The van der Waals surface area contributed by atoms with E-state index in [1.54, 1.807) is 20.1 Å². The van der Waals surface area contributed by atoms with Crippen molar-refractivity contribution >= 4 is 17.8 Å². The Labute approximate surface area is 146 Å². The molecule has 1 aliphatic rings. The summed E-state index contributed by atoms with van der Waals surface area (Å²) in [6, 6.07) is 13.7. The molecule has 5 nitrogen and oxygen atoms in total. The average molecular weight is 337 g/mol. The molecule has 0 spiro atoms. The molecule has 5 heteroatoms. The van der Waals surface area contributed by atoms with Gasteiger partial charge < -0.3 is 14.3 Å². The summed E-state index contributed by atoms with van der Waals surface area (Å²) in [7, 11) is 1.58. The molecule has 128 valence electrons. The van der Waals surface area contributed by atoms with Crippen molar-refractivity contribution in [2.75, 3.05) is 7.11 Å². The third-order valence-electron chi connectivity index (χ3n) is 3.89. The van der Waals surface area contributed by atoms with E-state index in [4.69, 9.17) is 9.47 Å². The molecule has 0 radical (unpaired) electrons. The van der Waals surface area contributed by atoms with Gasteiger partial charge in [-0.3, -0.25) is 0 Å². The van der Waals surface area contributed by atoms with Crippen molar-refractivity contribution in [2.24, 2.45) is 5.16 Å². The van der Waals surface area contributed by atoms with Gasteiger partial charge in [-0.2, -0.15) is 0 Å². The zero-order valence-corrected chi connectivity index (χ0v) is 14.4. The highest BCUT2D eigenvalue weighted by molar-refractivity contribution is 6.24. The molecule has 0 bridgehead atoms. The van der Waals surface area contributed by atoms with E-state index in [1.807, 2.05) is 37.3 Å². The molecular weight excluding hydrogens is 318 g/mol. The molecule has 25 heavy (non-hydrogen) atoms. The molecule has 0 N–H and O–H groups in total. The first-order valence-electron chi connectivity index (χ1n) is 7.91. The number of hydrogen-bond donors (Lipinski definition) is 0. The molecule has 0 atom stereocenters. The van der Waals surface area contributed by atoms with Gasteiger partial charge in [-0.25, -0.2) is 4.79 Å². The monoisotopic (exact) mass is 337 g/mol. The molecular formula is C20H19NO4. The number of hydrogen-bond acceptors (Lipinski definition) is 5. The first-order valence-corrected chi connectivity index (χ1v) is 7.91. The highest BCUT2D eigenvalue weighted by Gasteiger charge is 2.21. The number of aryl methyl sites for hydroxylation is 1. The van der Waals surface area contributed by atoms with Crippen LogP contribution in [0.15, 0.2) is 53.2 Å². The van der Waals surface area contributed by atoms with Gasteiger partial charge in [-0.05, 0) is 43.2 Å². The van der Waals surface area contributed by atoms with Crippen LogP contribution < -0.4 is 9.47 Å². The van der Waals surface area contributed by atoms with E-state index in [9.17, 15) is 4.79 Å². The molecule has 2 aromatic rings. The van der Waals surface area contributed by atoms with Crippen molar-refractivity contribution in [2.45, 2.75) is 20.5 Å². The van der Waals surface area contributed by atoms with Crippen molar-refractivity contribution in [3.05, 3.63) is 64.7 Å². The summed E-state index contributed by atoms with van der Waals surface area (Å²) in [5.74, 6) is 0.795. The van der Waals surface area contributed by atoms with Gasteiger partial charge in [0.05, 0.1) is 18.4 Å². The number of oxime groups is 1. The van der Waals surface area contributed by atoms with E-state index >= 15 is 0 Å². The average Bonchev–Trinajstić information content (AvgIpc) is 2.93. The SMILES string of the molecule is COc1cc(/C=C2/C(=O)ON=C2C)ccc1OCc1ccc(C)cc1. The van der Waals surface area contributed by atoms with Gasteiger partial charge in [0, 0.05) is 0 Å². The van der Waals surface area contributed by atoms with Crippen molar-refractivity contribution in [3.8, 4) is 11.5 Å². The minimum atomic E-state index is -0.448. The topological polar surface area (TPSA) is 57.1 Å². The Morgan fingerprint density at radius 1 is 1.08 bits per heavy atom. The zero-order chi connectivity index (χ0) is 17.8. The van der Waals surface area contributed by atoms with Crippen molar-refractivity contribution in [3.63, 3.8) is 0 Å².